The Bertz CT molecular complexity index is 855. The first-order valence-corrected chi connectivity index (χ1v) is 10.2. The second kappa shape index (κ2) is 12.5. The van der Waals surface area contributed by atoms with Crippen molar-refractivity contribution < 1.29 is 4.39 Å². The van der Waals surface area contributed by atoms with Crippen LogP contribution in [0.25, 0.3) is 0 Å². The lowest BCUT2D eigenvalue weighted by atomic mass is 10.0. The first-order valence-electron chi connectivity index (χ1n) is 10.2. The fraction of sp³-hybridized carbons (Fsp3) is 0.391. The van der Waals surface area contributed by atoms with Gasteiger partial charge >= 0.3 is 0 Å². The molecule has 2 aromatic rings. The van der Waals surface area contributed by atoms with Crippen LogP contribution in [0.4, 0.5) is 4.39 Å². The molecular formula is C23H29FIN5. The number of hydrogen-bond acceptors (Lipinski definition) is 3. The summed E-state index contributed by atoms with van der Waals surface area (Å²) < 4.78 is 13.1. The second-order valence-electron chi connectivity index (χ2n) is 7.33. The summed E-state index contributed by atoms with van der Waals surface area (Å²) in [5.41, 5.74) is 2.83. The summed E-state index contributed by atoms with van der Waals surface area (Å²) in [6, 6.07) is 16.9. The third-order valence-electron chi connectivity index (χ3n) is 5.07. The van der Waals surface area contributed by atoms with Crippen molar-refractivity contribution in [2.24, 2.45) is 4.99 Å². The average Bonchev–Trinajstić information content (AvgIpc) is 2.75. The molecule has 0 saturated carbocycles. The Labute approximate surface area is 195 Å². The molecular weight excluding hydrogens is 492 g/mol. The van der Waals surface area contributed by atoms with Crippen molar-refractivity contribution in [3.05, 3.63) is 71.0 Å². The van der Waals surface area contributed by atoms with Gasteiger partial charge in [0.05, 0.1) is 18.2 Å². The summed E-state index contributed by atoms with van der Waals surface area (Å²) in [5.74, 6) is 0.623. The quantitative estimate of drug-likeness (QED) is 0.343. The van der Waals surface area contributed by atoms with Crippen LogP contribution >= 0.6 is 24.0 Å². The lowest BCUT2D eigenvalue weighted by Gasteiger charge is -2.33. The summed E-state index contributed by atoms with van der Waals surface area (Å²) in [5, 5.41) is 15.9. The van der Waals surface area contributed by atoms with Gasteiger partial charge in [0.15, 0.2) is 5.96 Å². The van der Waals surface area contributed by atoms with E-state index in [-0.39, 0.29) is 29.8 Å². The number of guanidine groups is 1. The number of hydrogen-bond donors (Lipinski definition) is 2. The largest absolute Gasteiger partial charge is 0.357 e. The van der Waals surface area contributed by atoms with Gasteiger partial charge in [0.2, 0.25) is 0 Å². The van der Waals surface area contributed by atoms with Crippen LogP contribution in [0.1, 0.15) is 36.5 Å². The Balaban J connectivity index is 0.00000320. The molecule has 160 valence electrons. The summed E-state index contributed by atoms with van der Waals surface area (Å²) in [7, 11) is 0. The topological polar surface area (TPSA) is 63.5 Å². The minimum absolute atomic E-state index is 0. The summed E-state index contributed by atoms with van der Waals surface area (Å²) in [6.45, 7) is 6.24. The van der Waals surface area contributed by atoms with E-state index in [0.29, 0.717) is 18.2 Å². The van der Waals surface area contributed by atoms with E-state index in [4.69, 9.17) is 5.26 Å². The molecule has 0 aromatic heterocycles. The van der Waals surface area contributed by atoms with Crippen molar-refractivity contribution in [3.8, 4) is 6.07 Å². The van der Waals surface area contributed by atoms with Gasteiger partial charge in [0.25, 0.3) is 0 Å². The smallest absolute Gasteiger partial charge is 0.191 e. The zero-order valence-electron chi connectivity index (χ0n) is 17.3. The maximum atomic E-state index is 13.1. The maximum Gasteiger partial charge on any atom is 0.191 e. The molecule has 0 aliphatic carbocycles. The maximum absolute atomic E-state index is 13.1. The molecule has 30 heavy (non-hydrogen) atoms. The second-order valence-corrected chi connectivity index (χ2v) is 7.33. The summed E-state index contributed by atoms with van der Waals surface area (Å²) in [4.78, 5) is 7.09. The van der Waals surface area contributed by atoms with E-state index in [9.17, 15) is 4.39 Å². The molecule has 1 heterocycles. The predicted molar refractivity (Wildman–Crippen MR) is 129 cm³/mol. The van der Waals surface area contributed by atoms with Crippen molar-refractivity contribution in [2.45, 2.75) is 38.9 Å². The molecule has 0 radical (unpaired) electrons. The van der Waals surface area contributed by atoms with Gasteiger partial charge in [-0.15, -0.1) is 24.0 Å². The zero-order valence-corrected chi connectivity index (χ0v) is 19.6. The highest BCUT2D eigenvalue weighted by molar-refractivity contribution is 14.0. The SMILES string of the molecule is CCNC(=NCc1cccc(C#N)c1)NC1CCN(Cc2ccc(F)cc2)CC1.I. The number of halogens is 2. The van der Waals surface area contributed by atoms with E-state index in [1.807, 2.05) is 30.3 Å². The number of likely N-dealkylation sites (tertiary alicyclic amines) is 1. The Kier molecular flexibility index (Phi) is 10.0. The zero-order chi connectivity index (χ0) is 20.5. The molecule has 7 heteroatoms. The van der Waals surface area contributed by atoms with Crippen molar-refractivity contribution in [1.29, 1.82) is 5.26 Å². The highest BCUT2D eigenvalue weighted by Gasteiger charge is 2.20. The Morgan fingerprint density at radius 2 is 1.90 bits per heavy atom. The lowest BCUT2D eigenvalue weighted by Crippen LogP contribution is -2.48. The number of aliphatic imine (C=N–C) groups is 1. The molecule has 0 amide bonds. The fourth-order valence-electron chi connectivity index (χ4n) is 3.51. The molecule has 5 nitrogen and oxygen atoms in total. The molecule has 0 atom stereocenters. The van der Waals surface area contributed by atoms with Crippen LogP contribution in [0, 0.1) is 17.1 Å². The molecule has 0 spiro atoms. The number of nitrogens with one attached hydrogen (secondary N) is 2. The fourth-order valence-corrected chi connectivity index (χ4v) is 3.51. The van der Waals surface area contributed by atoms with Gasteiger partial charge in [-0.25, -0.2) is 9.38 Å². The Morgan fingerprint density at radius 3 is 2.57 bits per heavy atom. The van der Waals surface area contributed by atoms with Crippen LogP contribution in [0.2, 0.25) is 0 Å². The molecule has 1 aliphatic heterocycles. The van der Waals surface area contributed by atoms with E-state index < -0.39 is 0 Å². The third kappa shape index (κ3) is 7.58. The number of rotatable bonds is 6. The average molecular weight is 521 g/mol. The van der Waals surface area contributed by atoms with E-state index in [0.717, 1.165) is 56.1 Å². The van der Waals surface area contributed by atoms with Crippen LogP contribution in [-0.4, -0.2) is 36.5 Å². The molecule has 2 N–H and O–H groups in total. The van der Waals surface area contributed by atoms with Crippen molar-refractivity contribution in [2.75, 3.05) is 19.6 Å². The van der Waals surface area contributed by atoms with Crippen LogP contribution in [-0.2, 0) is 13.1 Å². The Hall–Kier alpha value is -2.18. The van der Waals surface area contributed by atoms with Gasteiger partial charge in [-0.1, -0.05) is 24.3 Å². The molecule has 3 rings (SSSR count). The number of nitriles is 1. The molecule has 0 bridgehead atoms. The van der Waals surface area contributed by atoms with Gasteiger partial charge in [0.1, 0.15) is 5.82 Å². The Morgan fingerprint density at radius 1 is 1.17 bits per heavy atom. The highest BCUT2D eigenvalue weighted by atomic mass is 127. The highest BCUT2D eigenvalue weighted by Crippen LogP contribution is 2.14. The summed E-state index contributed by atoms with van der Waals surface area (Å²) >= 11 is 0. The van der Waals surface area contributed by atoms with E-state index in [1.54, 1.807) is 6.07 Å². The van der Waals surface area contributed by atoms with Crippen molar-refractivity contribution in [3.63, 3.8) is 0 Å². The van der Waals surface area contributed by atoms with Gasteiger partial charge < -0.3 is 10.6 Å². The number of benzene rings is 2. The molecule has 0 unspecified atom stereocenters. The van der Waals surface area contributed by atoms with Crippen molar-refractivity contribution in [1.82, 2.24) is 15.5 Å². The van der Waals surface area contributed by atoms with Crippen LogP contribution in [0.3, 0.4) is 0 Å². The van der Waals surface area contributed by atoms with Crippen LogP contribution < -0.4 is 10.6 Å². The van der Waals surface area contributed by atoms with Crippen LogP contribution in [0.15, 0.2) is 53.5 Å². The number of piperidine rings is 1. The van der Waals surface area contributed by atoms with E-state index in [2.05, 4.69) is 33.5 Å². The minimum atomic E-state index is -0.189. The van der Waals surface area contributed by atoms with E-state index in [1.165, 1.54) is 12.1 Å². The van der Waals surface area contributed by atoms with Gasteiger partial charge in [-0.3, -0.25) is 4.90 Å². The monoisotopic (exact) mass is 521 g/mol. The van der Waals surface area contributed by atoms with Crippen molar-refractivity contribution >= 4 is 29.9 Å². The van der Waals surface area contributed by atoms with Gasteiger partial charge in [-0.05, 0) is 55.2 Å². The predicted octanol–water partition coefficient (Wildman–Crippen LogP) is 4.04. The normalized spacial score (nSPS) is 15.2. The van der Waals surface area contributed by atoms with Crippen LogP contribution in [0.5, 0.6) is 0 Å². The standard InChI is InChI=1S/C23H28FN5.HI/c1-2-26-23(27-16-20-5-3-4-19(14-20)15-25)28-22-10-12-29(13-11-22)17-18-6-8-21(24)9-7-18;/h3-9,14,22H,2,10-13,16-17H2,1H3,(H2,26,27,28);1H. The molecule has 1 aliphatic rings. The minimum Gasteiger partial charge on any atom is -0.357 e. The molecule has 1 fully saturated rings. The number of nitrogens with zero attached hydrogens (tertiary/aromatic N) is 3. The third-order valence-corrected chi connectivity index (χ3v) is 5.07. The van der Waals surface area contributed by atoms with E-state index >= 15 is 0 Å². The van der Waals surface area contributed by atoms with Gasteiger partial charge in [0, 0.05) is 32.2 Å². The lowest BCUT2D eigenvalue weighted by molar-refractivity contribution is 0.198. The first-order chi connectivity index (χ1) is 14.2. The molecule has 1 saturated heterocycles. The first kappa shape index (κ1) is 24.1. The summed E-state index contributed by atoms with van der Waals surface area (Å²) in [6.07, 6.45) is 2.07. The van der Waals surface area contributed by atoms with Gasteiger partial charge in [-0.2, -0.15) is 5.26 Å². The molecule has 2 aromatic carbocycles.